The van der Waals surface area contributed by atoms with Crippen LogP contribution in [0.2, 0.25) is 0 Å². The Morgan fingerprint density at radius 1 is 1.24 bits per heavy atom. The lowest BCUT2D eigenvalue weighted by Gasteiger charge is -2.53. The highest BCUT2D eigenvalue weighted by Crippen LogP contribution is 2.38. The van der Waals surface area contributed by atoms with Crippen molar-refractivity contribution in [2.45, 2.75) is 65.0 Å². The van der Waals surface area contributed by atoms with Crippen LogP contribution in [-0.2, 0) is 9.53 Å². The van der Waals surface area contributed by atoms with Crippen molar-refractivity contribution in [1.29, 1.82) is 0 Å². The third-order valence-electron chi connectivity index (χ3n) is 4.10. The molecule has 1 aliphatic rings. The molecule has 1 saturated heterocycles. The van der Waals surface area contributed by atoms with Crippen LogP contribution < -0.4 is 0 Å². The van der Waals surface area contributed by atoms with Gasteiger partial charge in [0.05, 0.1) is 13.0 Å². The zero-order valence-corrected chi connectivity index (χ0v) is 12.2. The van der Waals surface area contributed by atoms with E-state index in [-0.39, 0.29) is 23.0 Å². The Morgan fingerprint density at radius 3 is 2.12 bits per heavy atom. The number of carbonyl (C=O) groups excluding carboxylic acids is 1. The molecule has 1 aliphatic heterocycles. The van der Waals surface area contributed by atoms with Crippen LogP contribution in [0.1, 0.15) is 53.9 Å². The first-order chi connectivity index (χ1) is 7.70. The Bertz CT molecular complexity index is 268. The highest BCUT2D eigenvalue weighted by Gasteiger charge is 2.42. The number of ether oxygens (including phenoxy) is 1. The summed E-state index contributed by atoms with van der Waals surface area (Å²) < 4.78 is 4.82. The molecule has 1 fully saturated rings. The second kappa shape index (κ2) is 4.97. The molecule has 100 valence electrons. The van der Waals surface area contributed by atoms with Gasteiger partial charge in [-0.1, -0.05) is 6.92 Å². The van der Waals surface area contributed by atoms with Crippen LogP contribution in [0.15, 0.2) is 0 Å². The first-order valence-electron chi connectivity index (χ1n) is 6.56. The fraction of sp³-hybridized carbons (Fsp3) is 0.929. The van der Waals surface area contributed by atoms with Gasteiger partial charge >= 0.3 is 5.97 Å². The molecular weight excluding hydrogens is 214 g/mol. The molecule has 1 atom stereocenters. The summed E-state index contributed by atoms with van der Waals surface area (Å²) in [6.45, 7) is 11.8. The molecular formula is C14H27NO2. The average Bonchev–Trinajstić information content (AvgIpc) is 2.21. The van der Waals surface area contributed by atoms with Gasteiger partial charge < -0.3 is 4.74 Å². The maximum Gasteiger partial charge on any atom is 0.309 e. The second-order valence-corrected chi connectivity index (χ2v) is 6.51. The summed E-state index contributed by atoms with van der Waals surface area (Å²) in [6, 6.07) is 0. The van der Waals surface area contributed by atoms with Crippen LogP contribution in [-0.4, -0.2) is 35.6 Å². The van der Waals surface area contributed by atoms with Crippen LogP contribution in [0.4, 0.5) is 0 Å². The third-order valence-corrected chi connectivity index (χ3v) is 4.10. The van der Waals surface area contributed by atoms with Crippen LogP contribution >= 0.6 is 0 Å². The maximum atomic E-state index is 11.6. The fourth-order valence-electron chi connectivity index (χ4n) is 3.09. The van der Waals surface area contributed by atoms with Crippen LogP contribution in [0.3, 0.4) is 0 Å². The van der Waals surface area contributed by atoms with E-state index in [1.165, 1.54) is 26.4 Å². The molecule has 0 bridgehead atoms. The van der Waals surface area contributed by atoms with Gasteiger partial charge in [-0.05, 0) is 47.0 Å². The number of hydrogen-bond acceptors (Lipinski definition) is 3. The highest BCUT2D eigenvalue weighted by molar-refractivity contribution is 5.72. The molecule has 3 heteroatoms. The van der Waals surface area contributed by atoms with E-state index in [9.17, 15) is 4.79 Å². The minimum absolute atomic E-state index is 0.0587. The molecule has 3 nitrogen and oxygen atoms in total. The highest BCUT2D eigenvalue weighted by atomic mass is 16.5. The van der Waals surface area contributed by atoms with E-state index in [0.717, 1.165) is 6.54 Å². The smallest absolute Gasteiger partial charge is 0.309 e. The van der Waals surface area contributed by atoms with Crippen molar-refractivity contribution in [3.05, 3.63) is 0 Å². The van der Waals surface area contributed by atoms with E-state index >= 15 is 0 Å². The largest absolute Gasteiger partial charge is 0.469 e. The number of likely N-dealkylation sites (tertiary alicyclic amines) is 1. The van der Waals surface area contributed by atoms with E-state index in [1.54, 1.807) is 0 Å². The van der Waals surface area contributed by atoms with E-state index in [2.05, 4.69) is 32.6 Å². The number of methoxy groups -OCH3 is 1. The third kappa shape index (κ3) is 3.21. The summed E-state index contributed by atoms with van der Waals surface area (Å²) in [5.74, 6) is -0.168. The fourth-order valence-corrected chi connectivity index (χ4v) is 3.09. The molecule has 1 rings (SSSR count). The Balaban J connectivity index is 2.80. The van der Waals surface area contributed by atoms with Crippen molar-refractivity contribution in [1.82, 2.24) is 4.90 Å². The van der Waals surface area contributed by atoms with Gasteiger partial charge in [0.1, 0.15) is 0 Å². The lowest BCUT2D eigenvalue weighted by Crippen LogP contribution is -2.60. The van der Waals surface area contributed by atoms with Crippen LogP contribution in [0.25, 0.3) is 0 Å². The lowest BCUT2D eigenvalue weighted by atomic mass is 9.79. The predicted molar refractivity (Wildman–Crippen MR) is 69.9 cm³/mol. The number of hydrogen-bond donors (Lipinski definition) is 0. The minimum Gasteiger partial charge on any atom is -0.469 e. The standard InChI is InChI=1S/C14H27NO2/c1-11(12(16)17-6)10-15-13(2,3)8-7-9-14(15,4)5/h11H,7-10H2,1-6H3. The normalized spacial score (nSPS) is 25.3. The van der Waals surface area contributed by atoms with Crippen LogP contribution in [0.5, 0.6) is 0 Å². The van der Waals surface area contributed by atoms with Gasteiger partial charge in [-0.15, -0.1) is 0 Å². The minimum atomic E-state index is -0.109. The lowest BCUT2D eigenvalue weighted by molar-refractivity contribution is -0.147. The molecule has 1 unspecified atom stereocenters. The molecule has 0 aromatic rings. The molecule has 0 N–H and O–H groups in total. The van der Waals surface area contributed by atoms with Gasteiger partial charge in [0.2, 0.25) is 0 Å². The molecule has 0 aromatic heterocycles. The molecule has 0 amide bonds. The van der Waals surface area contributed by atoms with Gasteiger partial charge in [0.15, 0.2) is 0 Å². The van der Waals surface area contributed by atoms with E-state index in [1.807, 2.05) is 6.92 Å². The maximum absolute atomic E-state index is 11.6. The number of rotatable bonds is 3. The Hall–Kier alpha value is -0.570. The zero-order chi connectivity index (χ0) is 13.3. The Labute approximate surface area is 106 Å². The summed E-state index contributed by atoms with van der Waals surface area (Å²) in [5, 5.41) is 0. The monoisotopic (exact) mass is 241 g/mol. The van der Waals surface area contributed by atoms with Crippen LogP contribution in [0, 0.1) is 5.92 Å². The quantitative estimate of drug-likeness (QED) is 0.712. The van der Waals surface area contributed by atoms with E-state index in [4.69, 9.17) is 4.74 Å². The summed E-state index contributed by atoms with van der Waals surface area (Å²) in [4.78, 5) is 14.0. The van der Waals surface area contributed by atoms with Gasteiger partial charge in [0, 0.05) is 17.6 Å². The number of piperidine rings is 1. The summed E-state index contributed by atoms with van der Waals surface area (Å²) >= 11 is 0. The molecule has 0 aliphatic carbocycles. The Kier molecular flexibility index (Phi) is 4.23. The molecule has 1 heterocycles. The topological polar surface area (TPSA) is 29.5 Å². The van der Waals surface area contributed by atoms with Crippen molar-refractivity contribution in [2.75, 3.05) is 13.7 Å². The predicted octanol–water partition coefficient (Wildman–Crippen LogP) is 2.84. The zero-order valence-electron chi connectivity index (χ0n) is 12.2. The number of nitrogens with zero attached hydrogens (tertiary/aromatic N) is 1. The van der Waals surface area contributed by atoms with Gasteiger partial charge in [0.25, 0.3) is 0 Å². The van der Waals surface area contributed by atoms with E-state index in [0.29, 0.717) is 0 Å². The van der Waals surface area contributed by atoms with E-state index < -0.39 is 0 Å². The van der Waals surface area contributed by atoms with Gasteiger partial charge in [-0.3, -0.25) is 9.69 Å². The Morgan fingerprint density at radius 2 is 1.71 bits per heavy atom. The average molecular weight is 241 g/mol. The second-order valence-electron chi connectivity index (χ2n) is 6.51. The molecule has 0 aromatic carbocycles. The van der Waals surface area contributed by atoms with Gasteiger partial charge in [-0.2, -0.15) is 0 Å². The van der Waals surface area contributed by atoms with Crippen molar-refractivity contribution >= 4 is 5.97 Å². The van der Waals surface area contributed by atoms with Gasteiger partial charge in [-0.25, -0.2) is 0 Å². The van der Waals surface area contributed by atoms with Crippen molar-refractivity contribution < 1.29 is 9.53 Å². The summed E-state index contributed by atoms with van der Waals surface area (Å²) in [5.41, 5.74) is 0.341. The molecule has 17 heavy (non-hydrogen) atoms. The molecule has 0 radical (unpaired) electrons. The summed E-state index contributed by atoms with van der Waals surface area (Å²) in [7, 11) is 1.46. The SMILES string of the molecule is COC(=O)C(C)CN1C(C)(C)CCCC1(C)C. The first-order valence-corrected chi connectivity index (χ1v) is 6.56. The number of esters is 1. The van der Waals surface area contributed by atoms with Crippen molar-refractivity contribution in [3.63, 3.8) is 0 Å². The van der Waals surface area contributed by atoms with Crippen molar-refractivity contribution in [2.24, 2.45) is 5.92 Å². The molecule has 0 saturated carbocycles. The summed E-state index contributed by atoms with van der Waals surface area (Å²) in [6.07, 6.45) is 3.66. The number of carbonyl (C=O) groups is 1. The molecule has 0 spiro atoms. The van der Waals surface area contributed by atoms with Crippen molar-refractivity contribution in [3.8, 4) is 0 Å². The first kappa shape index (κ1) is 14.5.